The highest BCUT2D eigenvalue weighted by Gasteiger charge is 2.22. The summed E-state index contributed by atoms with van der Waals surface area (Å²) < 4.78 is 27.8. The van der Waals surface area contributed by atoms with Crippen LogP contribution >= 0.6 is 34.2 Å². The molecule has 0 aliphatic heterocycles. The fourth-order valence-corrected chi connectivity index (χ4v) is 4.00. The number of anilines is 1. The Balaban J connectivity index is 2.30. The van der Waals surface area contributed by atoms with Crippen LogP contribution in [0.2, 0.25) is 5.02 Å². The van der Waals surface area contributed by atoms with Crippen molar-refractivity contribution < 1.29 is 8.42 Å². The van der Waals surface area contributed by atoms with Gasteiger partial charge in [-0.25, -0.2) is 13.1 Å². The number of rotatable bonds is 4. The molecule has 0 aromatic heterocycles. The minimum atomic E-state index is -3.75. The predicted octanol–water partition coefficient (Wildman–Crippen LogP) is 3.01. The Hall–Kier alpha value is -0.830. The summed E-state index contributed by atoms with van der Waals surface area (Å²) in [4.78, 5) is -0.0676. The first kappa shape index (κ1) is 15.6. The van der Waals surface area contributed by atoms with Crippen LogP contribution < -0.4 is 10.5 Å². The maximum Gasteiger partial charge on any atom is 0.244 e. The van der Waals surface area contributed by atoms with Gasteiger partial charge in [0.15, 0.2) is 0 Å². The van der Waals surface area contributed by atoms with Gasteiger partial charge in [-0.1, -0.05) is 41.9 Å². The smallest absolute Gasteiger partial charge is 0.244 e. The molecule has 0 aliphatic rings. The Bertz CT molecular complexity index is 721. The fraction of sp³-hybridized carbons (Fsp3) is 0.0769. The molecule has 0 amide bonds. The largest absolute Gasteiger partial charge is 0.398 e. The lowest BCUT2D eigenvalue weighted by Gasteiger charge is -2.11. The first-order valence-corrected chi connectivity index (χ1v) is 8.63. The lowest BCUT2D eigenvalue weighted by Crippen LogP contribution is -2.24. The van der Waals surface area contributed by atoms with E-state index >= 15 is 0 Å². The number of halogens is 2. The SMILES string of the molecule is Nc1ccc(I)c(Cl)c1S(=O)(=O)NCc1ccccc1. The minimum absolute atomic E-state index is 0.0676. The highest BCUT2D eigenvalue weighted by atomic mass is 127. The molecule has 0 saturated carbocycles. The van der Waals surface area contributed by atoms with Crippen molar-refractivity contribution in [2.24, 2.45) is 0 Å². The number of sulfonamides is 1. The van der Waals surface area contributed by atoms with Gasteiger partial charge in [0, 0.05) is 10.1 Å². The van der Waals surface area contributed by atoms with Crippen LogP contribution in [0.1, 0.15) is 5.56 Å². The van der Waals surface area contributed by atoms with Crippen LogP contribution in [0.5, 0.6) is 0 Å². The van der Waals surface area contributed by atoms with E-state index in [1.165, 1.54) is 6.07 Å². The van der Waals surface area contributed by atoms with Gasteiger partial charge in [-0.15, -0.1) is 0 Å². The molecule has 2 aromatic rings. The van der Waals surface area contributed by atoms with Gasteiger partial charge >= 0.3 is 0 Å². The summed E-state index contributed by atoms with van der Waals surface area (Å²) in [6.45, 7) is 0.185. The molecule has 0 spiro atoms. The van der Waals surface area contributed by atoms with Gasteiger partial charge in [-0.3, -0.25) is 0 Å². The molecule has 0 bridgehead atoms. The van der Waals surface area contributed by atoms with E-state index in [9.17, 15) is 8.42 Å². The Morgan fingerprint density at radius 2 is 1.80 bits per heavy atom. The summed E-state index contributed by atoms with van der Waals surface area (Å²) in [5.74, 6) is 0. The van der Waals surface area contributed by atoms with Crippen molar-refractivity contribution in [1.29, 1.82) is 0 Å². The van der Waals surface area contributed by atoms with Crippen molar-refractivity contribution in [1.82, 2.24) is 4.72 Å². The van der Waals surface area contributed by atoms with Crippen molar-refractivity contribution in [3.05, 3.63) is 56.6 Å². The number of hydrogen-bond donors (Lipinski definition) is 2. The molecule has 3 N–H and O–H groups in total. The summed E-state index contributed by atoms with van der Waals surface area (Å²) in [6, 6.07) is 12.4. The average Bonchev–Trinajstić information content (AvgIpc) is 2.42. The molecule has 2 aromatic carbocycles. The highest BCUT2D eigenvalue weighted by Crippen LogP contribution is 2.31. The lowest BCUT2D eigenvalue weighted by molar-refractivity contribution is 0.581. The zero-order chi connectivity index (χ0) is 14.8. The number of nitrogen functional groups attached to an aromatic ring is 1. The van der Waals surface area contributed by atoms with Crippen molar-refractivity contribution in [3.8, 4) is 0 Å². The molecule has 0 heterocycles. The molecule has 20 heavy (non-hydrogen) atoms. The second kappa shape index (κ2) is 6.30. The van der Waals surface area contributed by atoms with E-state index < -0.39 is 10.0 Å². The summed E-state index contributed by atoms with van der Waals surface area (Å²) in [5, 5.41) is 0.145. The number of hydrogen-bond acceptors (Lipinski definition) is 3. The van der Waals surface area contributed by atoms with Crippen LogP contribution in [0.4, 0.5) is 5.69 Å². The number of nitrogens with two attached hydrogens (primary N) is 1. The molecule has 0 atom stereocenters. The van der Waals surface area contributed by atoms with Gasteiger partial charge in [-0.05, 0) is 40.3 Å². The van der Waals surface area contributed by atoms with Crippen molar-refractivity contribution >= 4 is 49.9 Å². The van der Waals surface area contributed by atoms with E-state index in [1.807, 2.05) is 52.9 Å². The second-order valence-electron chi connectivity index (χ2n) is 4.09. The van der Waals surface area contributed by atoms with E-state index in [2.05, 4.69) is 4.72 Å². The molecular weight excluding hydrogens is 411 g/mol. The van der Waals surface area contributed by atoms with E-state index in [0.717, 1.165) is 5.56 Å². The molecule has 0 saturated heterocycles. The highest BCUT2D eigenvalue weighted by molar-refractivity contribution is 14.1. The first-order chi connectivity index (χ1) is 9.42. The van der Waals surface area contributed by atoms with Crippen LogP contribution in [0.3, 0.4) is 0 Å². The second-order valence-corrected chi connectivity index (χ2v) is 7.33. The monoisotopic (exact) mass is 422 g/mol. The Morgan fingerprint density at radius 1 is 1.15 bits per heavy atom. The quantitative estimate of drug-likeness (QED) is 0.588. The van der Waals surface area contributed by atoms with Crippen LogP contribution in [0.15, 0.2) is 47.4 Å². The molecule has 4 nitrogen and oxygen atoms in total. The molecule has 106 valence electrons. The lowest BCUT2D eigenvalue weighted by atomic mass is 10.2. The Labute approximate surface area is 136 Å². The van der Waals surface area contributed by atoms with E-state index in [1.54, 1.807) is 6.07 Å². The summed E-state index contributed by atoms with van der Waals surface area (Å²) in [6.07, 6.45) is 0. The third-order valence-corrected chi connectivity index (χ3v) is 5.88. The van der Waals surface area contributed by atoms with Crippen molar-refractivity contribution in [2.45, 2.75) is 11.4 Å². The third-order valence-electron chi connectivity index (χ3n) is 2.66. The molecule has 0 aliphatic carbocycles. The molecular formula is C13H12ClIN2O2S. The van der Waals surface area contributed by atoms with Gasteiger partial charge in [0.2, 0.25) is 10.0 Å². The topological polar surface area (TPSA) is 72.2 Å². The van der Waals surface area contributed by atoms with Crippen LogP contribution in [-0.4, -0.2) is 8.42 Å². The summed E-state index contributed by atoms with van der Waals surface area (Å²) in [5.41, 5.74) is 6.73. The summed E-state index contributed by atoms with van der Waals surface area (Å²) >= 11 is 8.02. The zero-order valence-electron chi connectivity index (χ0n) is 10.3. The molecule has 7 heteroatoms. The van der Waals surface area contributed by atoms with Crippen LogP contribution in [0, 0.1) is 3.57 Å². The average molecular weight is 423 g/mol. The van der Waals surface area contributed by atoms with Gasteiger partial charge in [-0.2, -0.15) is 0 Å². The Morgan fingerprint density at radius 3 is 2.45 bits per heavy atom. The van der Waals surface area contributed by atoms with Crippen molar-refractivity contribution in [2.75, 3.05) is 5.73 Å². The van der Waals surface area contributed by atoms with E-state index in [4.69, 9.17) is 17.3 Å². The maximum atomic E-state index is 12.3. The van der Waals surface area contributed by atoms with Crippen LogP contribution in [-0.2, 0) is 16.6 Å². The van der Waals surface area contributed by atoms with Crippen LogP contribution in [0.25, 0.3) is 0 Å². The van der Waals surface area contributed by atoms with Crippen molar-refractivity contribution in [3.63, 3.8) is 0 Å². The van der Waals surface area contributed by atoms with Gasteiger partial charge < -0.3 is 5.73 Å². The Kier molecular flexibility index (Phi) is 4.90. The summed E-state index contributed by atoms with van der Waals surface area (Å²) in [7, 11) is -3.75. The molecule has 0 fully saturated rings. The van der Waals surface area contributed by atoms with E-state index in [0.29, 0.717) is 3.57 Å². The van der Waals surface area contributed by atoms with Gasteiger partial charge in [0.05, 0.1) is 10.7 Å². The predicted molar refractivity (Wildman–Crippen MR) is 89.0 cm³/mol. The van der Waals surface area contributed by atoms with Gasteiger partial charge in [0.25, 0.3) is 0 Å². The maximum absolute atomic E-state index is 12.3. The normalized spacial score (nSPS) is 11.5. The number of nitrogens with one attached hydrogen (secondary N) is 1. The molecule has 2 rings (SSSR count). The third kappa shape index (κ3) is 3.43. The standard InChI is InChI=1S/C13H12ClIN2O2S/c14-12-10(15)6-7-11(16)13(12)20(18,19)17-8-9-4-2-1-3-5-9/h1-7,17H,8,16H2. The fourth-order valence-electron chi connectivity index (χ4n) is 1.67. The number of benzene rings is 2. The first-order valence-electron chi connectivity index (χ1n) is 5.69. The van der Waals surface area contributed by atoms with E-state index in [-0.39, 0.29) is 22.2 Å². The minimum Gasteiger partial charge on any atom is -0.398 e. The van der Waals surface area contributed by atoms with Gasteiger partial charge in [0.1, 0.15) is 4.90 Å². The molecule has 0 radical (unpaired) electrons. The molecule has 0 unspecified atom stereocenters. The zero-order valence-corrected chi connectivity index (χ0v) is 14.0.